The van der Waals surface area contributed by atoms with E-state index in [2.05, 4.69) is 30.6 Å². The molecule has 6 atom stereocenters. The van der Waals surface area contributed by atoms with Gasteiger partial charge in [0, 0.05) is 17.3 Å². The summed E-state index contributed by atoms with van der Waals surface area (Å²) in [5.41, 5.74) is 0.372. The van der Waals surface area contributed by atoms with Crippen LogP contribution in [0.3, 0.4) is 0 Å². The van der Waals surface area contributed by atoms with E-state index in [1.165, 1.54) is 11.1 Å². The van der Waals surface area contributed by atoms with Crippen LogP contribution in [0.1, 0.15) is 46.5 Å². The predicted octanol–water partition coefficient (Wildman–Crippen LogP) is 4.98. The van der Waals surface area contributed by atoms with Crippen molar-refractivity contribution in [1.82, 2.24) is 14.8 Å². The summed E-state index contributed by atoms with van der Waals surface area (Å²) < 4.78 is 6.10. The predicted molar refractivity (Wildman–Crippen MR) is 137 cm³/mol. The Morgan fingerprint density at radius 1 is 1.16 bits per heavy atom. The Hall–Kier alpha value is -3.67. The molecule has 0 spiro atoms. The minimum absolute atomic E-state index is 0.123. The molecule has 2 unspecified atom stereocenters. The molecule has 4 fully saturated rings. The lowest BCUT2D eigenvalue weighted by Gasteiger charge is -2.39. The fourth-order valence-electron chi connectivity index (χ4n) is 6.97. The van der Waals surface area contributed by atoms with Crippen LogP contribution in [0.4, 0.5) is 21.1 Å². The summed E-state index contributed by atoms with van der Waals surface area (Å²) in [6.45, 7) is 14.3. The number of pyridine rings is 1. The number of fused-ring (bicyclic) bond motifs is 6. The van der Waals surface area contributed by atoms with Crippen molar-refractivity contribution >= 4 is 40.3 Å². The van der Waals surface area contributed by atoms with E-state index in [4.69, 9.17) is 11.3 Å². The Kier molecular flexibility index (Phi) is 5.59. The van der Waals surface area contributed by atoms with Gasteiger partial charge in [0.25, 0.3) is 11.7 Å². The molecular weight excluding hydrogens is 470 g/mol. The zero-order valence-corrected chi connectivity index (χ0v) is 21.3. The fraction of sp³-hybridized carbons (Fsp3) is 0.536. The zero-order chi connectivity index (χ0) is 26.0. The van der Waals surface area contributed by atoms with Crippen LogP contribution in [0.2, 0.25) is 0 Å². The van der Waals surface area contributed by atoms with E-state index in [1.807, 2.05) is 6.07 Å². The summed E-state index contributed by atoms with van der Waals surface area (Å²) in [7, 11) is 0. The van der Waals surface area contributed by atoms with Gasteiger partial charge in [-0.1, -0.05) is 58.0 Å². The number of carbonyl (C=O) groups excluding carboxylic acids is 3. The Balaban J connectivity index is 1.26. The third-order valence-electron chi connectivity index (χ3n) is 8.81. The summed E-state index contributed by atoms with van der Waals surface area (Å²) in [5.74, 6) is 1.14. The second-order valence-corrected chi connectivity index (χ2v) is 11.3. The number of rotatable bonds is 3. The van der Waals surface area contributed by atoms with Gasteiger partial charge in [0.15, 0.2) is 0 Å². The van der Waals surface area contributed by atoms with Crippen LogP contribution in [0.5, 0.6) is 0 Å². The van der Waals surface area contributed by atoms with Crippen molar-refractivity contribution in [3.05, 3.63) is 41.9 Å². The molecule has 1 saturated carbocycles. The first-order valence-electron chi connectivity index (χ1n) is 13.2. The lowest BCUT2D eigenvalue weighted by molar-refractivity contribution is -0.121. The molecule has 37 heavy (non-hydrogen) atoms. The number of hydrogen-bond acceptors (Lipinski definition) is 5. The lowest BCUT2D eigenvalue weighted by atomic mass is 9.75. The number of ether oxygens (including phenoxy) is 1. The Labute approximate surface area is 216 Å². The number of amides is 4. The van der Waals surface area contributed by atoms with Crippen LogP contribution in [-0.2, 0) is 9.53 Å². The van der Waals surface area contributed by atoms with Gasteiger partial charge in [0.05, 0.1) is 12.1 Å². The van der Waals surface area contributed by atoms with Crippen LogP contribution in [0.15, 0.2) is 30.5 Å². The number of carbonyl (C=O) groups is 3. The second-order valence-electron chi connectivity index (χ2n) is 11.3. The molecule has 2 bridgehead atoms. The number of urea groups is 1. The van der Waals surface area contributed by atoms with Crippen molar-refractivity contribution in [2.24, 2.45) is 17.8 Å². The zero-order valence-electron chi connectivity index (χ0n) is 21.3. The highest BCUT2D eigenvalue weighted by molar-refractivity contribution is 6.25. The first kappa shape index (κ1) is 23.7. The van der Waals surface area contributed by atoms with Crippen molar-refractivity contribution in [2.75, 3.05) is 11.4 Å². The standard InChI is InChI=1S/C28H31N5O4/c1-15(2)18-10-9-16(3)11-23(18)37-28(36)31-14-17-12-21(31)24-26(34)33(27(35)32(17)24)22-13-30-25(29-4)20-8-6-5-7-19(20)22/h5-8,13,15-18,21,23-24H,9-12,14H2,1-3H3/t16-,17?,18+,21?,23-,24+/m0/s1. The number of nitrogens with zero attached hydrogens (tertiary/aromatic N) is 5. The van der Waals surface area contributed by atoms with Crippen LogP contribution >= 0.6 is 0 Å². The molecule has 0 N–H and O–H groups in total. The molecule has 192 valence electrons. The Morgan fingerprint density at radius 2 is 1.92 bits per heavy atom. The molecule has 9 nitrogen and oxygen atoms in total. The summed E-state index contributed by atoms with van der Waals surface area (Å²) in [6.07, 6.45) is 4.57. The van der Waals surface area contributed by atoms with Crippen molar-refractivity contribution in [2.45, 2.75) is 70.7 Å². The van der Waals surface area contributed by atoms with Crippen molar-refractivity contribution in [3.8, 4) is 0 Å². The summed E-state index contributed by atoms with van der Waals surface area (Å²) in [4.78, 5) is 52.8. The molecule has 2 aromatic rings. The van der Waals surface area contributed by atoms with Crippen molar-refractivity contribution < 1.29 is 19.1 Å². The average molecular weight is 502 g/mol. The molecule has 3 aliphatic heterocycles. The molecule has 4 amide bonds. The van der Waals surface area contributed by atoms with Crippen molar-refractivity contribution in [1.29, 1.82) is 0 Å². The number of benzene rings is 1. The molecule has 4 aliphatic rings. The van der Waals surface area contributed by atoms with E-state index < -0.39 is 12.1 Å². The highest BCUT2D eigenvalue weighted by atomic mass is 16.6. The van der Waals surface area contributed by atoms with Crippen LogP contribution in [0, 0.1) is 24.3 Å². The monoisotopic (exact) mass is 501 g/mol. The quantitative estimate of drug-likeness (QED) is 0.437. The fourth-order valence-corrected chi connectivity index (χ4v) is 6.97. The van der Waals surface area contributed by atoms with Gasteiger partial charge in [0.2, 0.25) is 0 Å². The van der Waals surface area contributed by atoms with E-state index in [0.29, 0.717) is 47.2 Å². The van der Waals surface area contributed by atoms with Gasteiger partial charge in [-0.25, -0.2) is 14.5 Å². The number of likely N-dealkylation sites (tertiary alicyclic amines) is 1. The minimum Gasteiger partial charge on any atom is -0.446 e. The first-order chi connectivity index (χ1) is 17.8. The topological polar surface area (TPSA) is 87.4 Å². The van der Waals surface area contributed by atoms with Crippen LogP contribution in [0.25, 0.3) is 15.6 Å². The van der Waals surface area contributed by atoms with Gasteiger partial charge >= 0.3 is 12.1 Å². The van der Waals surface area contributed by atoms with Crippen LogP contribution < -0.4 is 4.90 Å². The third-order valence-corrected chi connectivity index (χ3v) is 8.81. The van der Waals surface area contributed by atoms with Gasteiger partial charge in [-0.15, -0.1) is 4.98 Å². The largest absolute Gasteiger partial charge is 0.446 e. The molecule has 6 rings (SSSR count). The normalized spacial score (nSPS) is 30.8. The Bertz CT molecular complexity index is 1340. The molecule has 0 radical (unpaired) electrons. The van der Waals surface area contributed by atoms with E-state index in [1.54, 1.807) is 28.0 Å². The average Bonchev–Trinajstić information content (AvgIpc) is 3.55. The smallest absolute Gasteiger partial charge is 0.410 e. The first-order valence-corrected chi connectivity index (χ1v) is 13.2. The van der Waals surface area contributed by atoms with Gasteiger partial charge in [-0.3, -0.25) is 4.79 Å². The Morgan fingerprint density at radius 3 is 2.65 bits per heavy atom. The maximum atomic E-state index is 13.7. The number of aromatic nitrogens is 1. The summed E-state index contributed by atoms with van der Waals surface area (Å²) >= 11 is 0. The second kappa shape index (κ2) is 8.72. The third kappa shape index (κ3) is 3.57. The molecule has 3 saturated heterocycles. The molecule has 9 heteroatoms. The molecular formula is C28H31N5O4. The summed E-state index contributed by atoms with van der Waals surface area (Å²) in [5, 5.41) is 1.22. The number of imide groups is 1. The van der Waals surface area contributed by atoms with E-state index in [0.717, 1.165) is 19.3 Å². The van der Waals surface area contributed by atoms with E-state index in [-0.39, 0.29) is 36.0 Å². The maximum absolute atomic E-state index is 13.7. The van der Waals surface area contributed by atoms with Crippen molar-refractivity contribution in [3.63, 3.8) is 0 Å². The van der Waals surface area contributed by atoms with Gasteiger partial charge < -0.3 is 19.4 Å². The van der Waals surface area contributed by atoms with Crippen LogP contribution in [-0.4, -0.2) is 63.6 Å². The number of hydrogen-bond donors (Lipinski definition) is 0. The number of piperazine rings is 1. The number of anilines is 1. The molecule has 1 aromatic carbocycles. The van der Waals surface area contributed by atoms with E-state index >= 15 is 0 Å². The SMILES string of the molecule is [C-]#[N+]c1ncc(N2C(=O)[C@H]3C4CC(CN4C(=O)O[C@H]4C[C@@H](C)CC[C@@H]4C(C)C)N3C2=O)c2ccccc12. The highest BCUT2D eigenvalue weighted by Crippen LogP contribution is 2.45. The van der Waals surface area contributed by atoms with E-state index in [9.17, 15) is 14.4 Å². The minimum atomic E-state index is -0.732. The summed E-state index contributed by atoms with van der Waals surface area (Å²) in [6, 6.07) is 5.42. The maximum Gasteiger partial charge on any atom is 0.410 e. The van der Waals surface area contributed by atoms with Gasteiger partial charge in [0.1, 0.15) is 24.0 Å². The van der Waals surface area contributed by atoms with Gasteiger partial charge in [-0.05, 0) is 37.0 Å². The van der Waals surface area contributed by atoms with Gasteiger partial charge in [-0.2, -0.15) is 0 Å². The highest BCUT2D eigenvalue weighted by Gasteiger charge is 2.63. The molecule has 1 aliphatic carbocycles. The lowest BCUT2D eigenvalue weighted by Crippen LogP contribution is -2.55. The molecule has 4 heterocycles. The molecule has 1 aromatic heterocycles.